The van der Waals surface area contributed by atoms with Crippen molar-refractivity contribution in [2.75, 3.05) is 18.5 Å². The zero-order valence-corrected chi connectivity index (χ0v) is 13.7. The molecule has 122 valence electrons. The monoisotopic (exact) mass is 391 g/mol. The number of ether oxygens (including phenoxy) is 2. The van der Waals surface area contributed by atoms with E-state index in [-0.39, 0.29) is 11.9 Å². The number of anilines is 1. The van der Waals surface area contributed by atoms with Crippen LogP contribution in [0.5, 0.6) is 11.5 Å². The van der Waals surface area contributed by atoms with E-state index in [4.69, 9.17) is 18.3 Å². The molecule has 0 fully saturated rings. The molecule has 0 saturated heterocycles. The molecule has 3 aromatic rings. The number of carbonyl (C=O) groups is 1. The number of fused-ring (bicyclic) bond motifs is 1. The molecular formula is C15H10BrN3O5. The lowest BCUT2D eigenvalue weighted by Gasteiger charge is -2.18. The zero-order valence-electron chi connectivity index (χ0n) is 12.1. The summed E-state index contributed by atoms with van der Waals surface area (Å²) in [5.41, 5.74) is 0.389. The van der Waals surface area contributed by atoms with Crippen LogP contribution in [0.15, 0.2) is 43.8 Å². The number of benzene rings is 1. The van der Waals surface area contributed by atoms with E-state index in [9.17, 15) is 4.79 Å². The number of nitrogens with zero attached hydrogens (tertiary/aromatic N) is 2. The quantitative estimate of drug-likeness (QED) is 0.731. The number of hydrogen-bond donors (Lipinski definition) is 1. The summed E-state index contributed by atoms with van der Waals surface area (Å²) in [6.45, 7) is 0.940. The van der Waals surface area contributed by atoms with Gasteiger partial charge in [0.1, 0.15) is 13.2 Å². The van der Waals surface area contributed by atoms with E-state index in [0.29, 0.717) is 40.7 Å². The summed E-state index contributed by atoms with van der Waals surface area (Å²) in [5, 5.41) is 10.1. The van der Waals surface area contributed by atoms with Crippen LogP contribution in [0, 0.1) is 0 Å². The van der Waals surface area contributed by atoms with Crippen LogP contribution >= 0.6 is 15.9 Å². The van der Waals surface area contributed by atoms with Crippen molar-refractivity contribution in [3.05, 3.63) is 40.6 Å². The van der Waals surface area contributed by atoms with E-state index in [0.717, 1.165) is 0 Å². The van der Waals surface area contributed by atoms with E-state index in [1.807, 2.05) is 0 Å². The second-order valence-corrected chi connectivity index (χ2v) is 5.61. The molecule has 2 aromatic heterocycles. The van der Waals surface area contributed by atoms with E-state index < -0.39 is 5.91 Å². The van der Waals surface area contributed by atoms with Crippen LogP contribution in [0.25, 0.3) is 11.7 Å². The van der Waals surface area contributed by atoms with Crippen LogP contribution < -0.4 is 14.8 Å². The van der Waals surface area contributed by atoms with Gasteiger partial charge in [-0.3, -0.25) is 10.1 Å². The molecule has 0 radical (unpaired) electrons. The summed E-state index contributed by atoms with van der Waals surface area (Å²) in [7, 11) is 0. The molecule has 9 heteroatoms. The number of aromatic nitrogens is 2. The number of carbonyl (C=O) groups excluding carboxylic acids is 1. The standard InChI is InChI=1S/C15H10BrN3O5/c16-12-4-3-10(23-12)14-18-19-15(24-14)17-13(20)8-1-2-9-11(7-8)22-6-5-21-9/h1-4,7H,5-6H2,(H,17,19,20). The normalized spacial score (nSPS) is 12.9. The van der Waals surface area contributed by atoms with E-state index in [1.54, 1.807) is 30.3 Å². The van der Waals surface area contributed by atoms with Crippen LogP contribution in [0.4, 0.5) is 6.01 Å². The third-order valence-corrected chi connectivity index (χ3v) is 3.66. The van der Waals surface area contributed by atoms with Crippen molar-refractivity contribution in [3.63, 3.8) is 0 Å². The summed E-state index contributed by atoms with van der Waals surface area (Å²) in [6.07, 6.45) is 0. The Morgan fingerprint density at radius 3 is 2.67 bits per heavy atom. The lowest BCUT2D eigenvalue weighted by atomic mass is 10.2. The molecule has 0 saturated carbocycles. The lowest BCUT2D eigenvalue weighted by molar-refractivity contribution is 0.102. The molecule has 8 nitrogen and oxygen atoms in total. The predicted octanol–water partition coefficient (Wildman–Crippen LogP) is 3.12. The van der Waals surface area contributed by atoms with Crippen LogP contribution in [-0.4, -0.2) is 29.3 Å². The number of hydrogen-bond acceptors (Lipinski definition) is 7. The second kappa shape index (κ2) is 6.00. The van der Waals surface area contributed by atoms with Gasteiger partial charge in [0.25, 0.3) is 11.8 Å². The Labute approximate surface area is 143 Å². The van der Waals surface area contributed by atoms with Crippen molar-refractivity contribution in [1.82, 2.24) is 10.2 Å². The average Bonchev–Trinajstić information content (AvgIpc) is 3.23. The first-order valence-corrected chi connectivity index (χ1v) is 7.78. The number of furan rings is 1. The average molecular weight is 392 g/mol. The van der Waals surface area contributed by atoms with E-state index >= 15 is 0 Å². The third kappa shape index (κ3) is 2.85. The van der Waals surface area contributed by atoms with Gasteiger partial charge >= 0.3 is 6.01 Å². The summed E-state index contributed by atoms with van der Waals surface area (Å²) < 4.78 is 22.1. The highest BCUT2D eigenvalue weighted by Crippen LogP contribution is 2.31. The first-order valence-electron chi connectivity index (χ1n) is 6.99. The fraction of sp³-hybridized carbons (Fsp3) is 0.133. The Balaban J connectivity index is 1.51. The summed E-state index contributed by atoms with van der Waals surface area (Å²) in [5.74, 6) is 1.30. The van der Waals surface area contributed by atoms with Crippen molar-refractivity contribution in [2.24, 2.45) is 0 Å². The topological polar surface area (TPSA) is 99.6 Å². The van der Waals surface area contributed by atoms with Gasteiger partial charge in [-0.25, -0.2) is 0 Å². The maximum atomic E-state index is 12.3. The molecule has 0 spiro atoms. The second-order valence-electron chi connectivity index (χ2n) is 4.83. The summed E-state index contributed by atoms with van der Waals surface area (Å²) in [6, 6.07) is 8.26. The maximum absolute atomic E-state index is 12.3. The van der Waals surface area contributed by atoms with Crippen molar-refractivity contribution in [1.29, 1.82) is 0 Å². The van der Waals surface area contributed by atoms with Gasteiger partial charge in [0, 0.05) is 5.56 Å². The zero-order chi connectivity index (χ0) is 16.5. The molecule has 24 heavy (non-hydrogen) atoms. The molecule has 0 atom stereocenters. The lowest BCUT2D eigenvalue weighted by Crippen LogP contribution is -2.17. The smallest absolute Gasteiger partial charge is 0.322 e. The Morgan fingerprint density at radius 1 is 1.04 bits per heavy atom. The molecule has 3 heterocycles. The molecule has 1 aliphatic rings. The van der Waals surface area contributed by atoms with Crippen LogP contribution in [0.2, 0.25) is 0 Å². The molecule has 1 aromatic carbocycles. The number of nitrogens with one attached hydrogen (secondary N) is 1. The number of rotatable bonds is 3. The van der Waals surface area contributed by atoms with Crippen LogP contribution in [0.3, 0.4) is 0 Å². The minimum absolute atomic E-state index is 0.0302. The highest BCUT2D eigenvalue weighted by molar-refractivity contribution is 9.10. The molecule has 1 N–H and O–H groups in total. The first-order chi connectivity index (χ1) is 11.7. The fourth-order valence-corrected chi connectivity index (χ4v) is 2.46. The Morgan fingerprint density at radius 2 is 1.88 bits per heavy atom. The van der Waals surface area contributed by atoms with Crippen LogP contribution in [0.1, 0.15) is 10.4 Å². The van der Waals surface area contributed by atoms with Gasteiger partial charge in [0.15, 0.2) is 21.9 Å². The van der Waals surface area contributed by atoms with Gasteiger partial charge in [-0.15, -0.1) is 5.10 Å². The van der Waals surface area contributed by atoms with Gasteiger partial charge in [-0.1, -0.05) is 5.10 Å². The van der Waals surface area contributed by atoms with Gasteiger partial charge in [-0.2, -0.15) is 0 Å². The Hall–Kier alpha value is -2.81. The van der Waals surface area contributed by atoms with Crippen molar-refractivity contribution in [2.45, 2.75) is 0 Å². The molecular weight excluding hydrogens is 382 g/mol. The van der Waals surface area contributed by atoms with Gasteiger partial charge in [0.2, 0.25) is 0 Å². The highest BCUT2D eigenvalue weighted by atomic mass is 79.9. The number of halogens is 1. The van der Waals surface area contributed by atoms with E-state index in [2.05, 4.69) is 31.4 Å². The first kappa shape index (κ1) is 14.8. The molecule has 0 aliphatic carbocycles. The predicted molar refractivity (Wildman–Crippen MR) is 85.1 cm³/mol. The number of amides is 1. The Bertz CT molecular complexity index is 904. The Kier molecular flexibility index (Phi) is 3.69. The molecule has 0 bridgehead atoms. The van der Waals surface area contributed by atoms with Crippen molar-refractivity contribution >= 4 is 27.9 Å². The van der Waals surface area contributed by atoms with Crippen LogP contribution in [-0.2, 0) is 0 Å². The van der Waals surface area contributed by atoms with Crippen molar-refractivity contribution in [3.8, 4) is 23.1 Å². The fourth-order valence-electron chi connectivity index (χ4n) is 2.16. The molecule has 1 amide bonds. The van der Waals surface area contributed by atoms with Gasteiger partial charge < -0.3 is 18.3 Å². The summed E-state index contributed by atoms with van der Waals surface area (Å²) in [4.78, 5) is 12.3. The third-order valence-electron chi connectivity index (χ3n) is 3.23. The van der Waals surface area contributed by atoms with Crippen molar-refractivity contribution < 1.29 is 23.1 Å². The summed E-state index contributed by atoms with van der Waals surface area (Å²) >= 11 is 3.19. The maximum Gasteiger partial charge on any atom is 0.322 e. The largest absolute Gasteiger partial charge is 0.486 e. The molecule has 4 rings (SSSR count). The minimum atomic E-state index is -0.400. The minimum Gasteiger partial charge on any atom is -0.486 e. The molecule has 1 aliphatic heterocycles. The highest BCUT2D eigenvalue weighted by Gasteiger charge is 2.18. The van der Waals surface area contributed by atoms with Gasteiger partial charge in [-0.05, 0) is 46.3 Å². The molecule has 0 unspecified atom stereocenters. The van der Waals surface area contributed by atoms with E-state index in [1.165, 1.54) is 0 Å². The SMILES string of the molecule is O=C(Nc1nnc(-c2ccc(Br)o2)o1)c1ccc2c(c1)OCCO2. The van der Waals surface area contributed by atoms with Gasteiger partial charge in [0.05, 0.1) is 0 Å².